The molecule has 1 saturated carbocycles. The first-order valence-corrected chi connectivity index (χ1v) is 7.84. The van der Waals surface area contributed by atoms with Gasteiger partial charge in [-0.15, -0.1) is 0 Å². The predicted molar refractivity (Wildman–Crippen MR) is 77.5 cm³/mol. The molecule has 1 aromatic carbocycles. The fourth-order valence-electron chi connectivity index (χ4n) is 2.19. The summed E-state index contributed by atoms with van der Waals surface area (Å²) in [6.07, 6.45) is 2.37. The zero-order valence-corrected chi connectivity index (χ0v) is 13.0. The van der Waals surface area contributed by atoms with Gasteiger partial charge in [-0.1, -0.05) is 31.9 Å². The van der Waals surface area contributed by atoms with Crippen molar-refractivity contribution in [2.75, 3.05) is 23.4 Å². The van der Waals surface area contributed by atoms with Crippen molar-refractivity contribution in [1.82, 2.24) is 0 Å². The van der Waals surface area contributed by atoms with Crippen LogP contribution in [0.1, 0.15) is 12.8 Å². The highest BCUT2D eigenvalue weighted by Crippen LogP contribution is 2.49. The molecule has 18 heavy (non-hydrogen) atoms. The third-order valence-corrected chi connectivity index (χ3v) is 5.28. The first kappa shape index (κ1) is 12.5. The van der Waals surface area contributed by atoms with Gasteiger partial charge in [0, 0.05) is 16.3 Å². The molecule has 0 unspecified atom stereocenters. The number of alkyl halides is 1. The Morgan fingerprint density at radius 3 is 2.83 bits per heavy atom. The molecular formula is C13H13Br2NO2. The predicted octanol–water partition coefficient (Wildman–Crippen LogP) is 3.35. The molecule has 1 amide bonds. The Morgan fingerprint density at radius 1 is 1.39 bits per heavy atom. The number of nitrogens with zero attached hydrogens (tertiary/aromatic N) is 1. The third-order valence-electron chi connectivity index (χ3n) is 3.60. The van der Waals surface area contributed by atoms with Gasteiger partial charge in [-0.2, -0.15) is 0 Å². The van der Waals surface area contributed by atoms with E-state index in [4.69, 9.17) is 4.74 Å². The van der Waals surface area contributed by atoms with Crippen molar-refractivity contribution >= 4 is 43.5 Å². The molecule has 0 bridgehead atoms. The molecule has 1 heterocycles. The van der Waals surface area contributed by atoms with E-state index in [1.54, 1.807) is 0 Å². The standard InChI is InChI=1S/C13H13Br2NO2/c14-7-13(3-4-13)8-16-10-5-9(15)1-2-11(10)18-6-12(16)17/h1-2,5H,3-4,6-8H2. The molecule has 0 spiro atoms. The highest BCUT2D eigenvalue weighted by atomic mass is 79.9. The molecule has 0 atom stereocenters. The van der Waals surface area contributed by atoms with Gasteiger partial charge in [0.15, 0.2) is 6.61 Å². The molecule has 1 aliphatic heterocycles. The minimum atomic E-state index is 0.0489. The zero-order valence-electron chi connectivity index (χ0n) is 9.79. The van der Waals surface area contributed by atoms with Crippen molar-refractivity contribution < 1.29 is 9.53 Å². The normalized spacial score (nSPS) is 20.3. The monoisotopic (exact) mass is 373 g/mol. The number of carbonyl (C=O) groups is 1. The molecule has 5 heteroatoms. The number of carbonyl (C=O) groups excluding carboxylic acids is 1. The summed E-state index contributed by atoms with van der Waals surface area (Å²) < 4.78 is 6.43. The molecule has 0 saturated heterocycles. The number of anilines is 1. The summed E-state index contributed by atoms with van der Waals surface area (Å²) in [5.41, 5.74) is 1.15. The Labute approximate surface area is 123 Å². The van der Waals surface area contributed by atoms with Gasteiger partial charge < -0.3 is 9.64 Å². The van der Waals surface area contributed by atoms with Crippen LogP contribution < -0.4 is 9.64 Å². The molecule has 3 rings (SSSR count). The number of rotatable bonds is 3. The average molecular weight is 375 g/mol. The summed E-state index contributed by atoms with van der Waals surface area (Å²) in [6, 6.07) is 5.80. The van der Waals surface area contributed by atoms with Crippen molar-refractivity contribution in [2.45, 2.75) is 12.8 Å². The van der Waals surface area contributed by atoms with E-state index in [1.807, 2.05) is 23.1 Å². The van der Waals surface area contributed by atoms with E-state index in [1.165, 1.54) is 12.8 Å². The smallest absolute Gasteiger partial charge is 0.265 e. The third kappa shape index (κ3) is 2.18. The van der Waals surface area contributed by atoms with Crippen LogP contribution in [0.2, 0.25) is 0 Å². The molecule has 0 radical (unpaired) electrons. The topological polar surface area (TPSA) is 29.5 Å². The Hall–Kier alpha value is -0.550. The number of benzene rings is 1. The maximum Gasteiger partial charge on any atom is 0.265 e. The van der Waals surface area contributed by atoms with Crippen molar-refractivity contribution in [2.24, 2.45) is 5.41 Å². The quantitative estimate of drug-likeness (QED) is 0.759. The maximum atomic E-state index is 12.1. The average Bonchev–Trinajstić information content (AvgIpc) is 3.14. The zero-order chi connectivity index (χ0) is 12.8. The first-order valence-electron chi connectivity index (χ1n) is 5.92. The van der Waals surface area contributed by atoms with Crippen molar-refractivity contribution in [3.8, 4) is 5.75 Å². The number of ether oxygens (including phenoxy) is 1. The largest absolute Gasteiger partial charge is 0.482 e. The summed E-state index contributed by atoms with van der Waals surface area (Å²) in [6.45, 7) is 0.927. The number of fused-ring (bicyclic) bond motifs is 1. The van der Waals surface area contributed by atoms with E-state index in [0.717, 1.165) is 27.8 Å². The van der Waals surface area contributed by atoms with Gasteiger partial charge in [-0.05, 0) is 36.5 Å². The fraction of sp³-hybridized carbons (Fsp3) is 0.462. The number of hydrogen-bond acceptors (Lipinski definition) is 2. The van der Waals surface area contributed by atoms with Gasteiger partial charge in [-0.3, -0.25) is 4.79 Å². The molecule has 1 aromatic rings. The van der Waals surface area contributed by atoms with Crippen molar-refractivity contribution in [1.29, 1.82) is 0 Å². The van der Waals surface area contributed by atoms with Gasteiger partial charge in [0.05, 0.1) is 5.69 Å². The lowest BCUT2D eigenvalue weighted by atomic mass is 10.1. The molecule has 2 aliphatic rings. The number of amides is 1. The molecule has 1 aliphatic carbocycles. The lowest BCUT2D eigenvalue weighted by Crippen LogP contribution is -2.42. The van der Waals surface area contributed by atoms with Crippen LogP contribution in [-0.4, -0.2) is 24.4 Å². The van der Waals surface area contributed by atoms with E-state index in [0.29, 0.717) is 0 Å². The Morgan fingerprint density at radius 2 is 2.17 bits per heavy atom. The van der Waals surface area contributed by atoms with Crippen LogP contribution in [0.3, 0.4) is 0 Å². The van der Waals surface area contributed by atoms with Crippen LogP contribution in [-0.2, 0) is 4.79 Å². The van der Waals surface area contributed by atoms with E-state index < -0.39 is 0 Å². The van der Waals surface area contributed by atoms with Gasteiger partial charge in [0.2, 0.25) is 0 Å². The van der Waals surface area contributed by atoms with Gasteiger partial charge >= 0.3 is 0 Å². The second-order valence-corrected chi connectivity index (χ2v) is 6.49. The number of hydrogen-bond donors (Lipinski definition) is 0. The molecule has 1 fully saturated rings. The Balaban J connectivity index is 1.93. The first-order chi connectivity index (χ1) is 8.63. The van der Waals surface area contributed by atoms with E-state index in [-0.39, 0.29) is 17.9 Å². The van der Waals surface area contributed by atoms with Gasteiger partial charge in [-0.25, -0.2) is 0 Å². The lowest BCUT2D eigenvalue weighted by molar-refractivity contribution is -0.121. The summed E-state index contributed by atoms with van der Waals surface area (Å²) in [4.78, 5) is 13.9. The van der Waals surface area contributed by atoms with Gasteiger partial charge in [0.1, 0.15) is 5.75 Å². The second kappa shape index (κ2) is 4.53. The highest BCUT2D eigenvalue weighted by molar-refractivity contribution is 9.10. The number of halogens is 2. The van der Waals surface area contributed by atoms with Crippen LogP contribution in [0, 0.1) is 5.41 Å². The van der Waals surface area contributed by atoms with Crippen LogP contribution in [0.15, 0.2) is 22.7 Å². The van der Waals surface area contributed by atoms with Gasteiger partial charge in [0.25, 0.3) is 5.91 Å². The highest BCUT2D eigenvalue weighted by Gasteiger charge is 2.45. The van der Waals surface area contributed by atoms with E-state index in [9.17, 15) is 4.79 Å². The van der Waals surface area contributed by atoms with Crippen molar-refractivity contribution in [3.63, 3.8) is 0 Å². The SMILES string of the molecule is O=C1COc2ccc(Br)cc2N1CC1(CBr)CC1. The summed E-state index contributed by atoms with van der Waals surface area (Å²) in [5.74, 6) is 0.844. The lowest BCUT2D eigenvalue weighted by Gasteiger charge is -2.32. The summed E-state index contributed by atoms with van der Waals surface area (Å²) >= 11 is 7.00. The maximum absolute atomic E-state index is 12.1. The molecule has 0 aromatic heterocycles. The second-order valence-electron chi connectivity index (χ2n) is 5.01. The fourth-order valence-corrected chi connectivity index (χ4v) is 3.28. The minimum absolute atomic E-state index is 0.0489. The van der Waals surface area contributed by atoms with E-state index >= 15 is 0 Å². The Bertz CT molecular complexity index is 500. The summed E-state index contributed by atoms with van der Waals surface area (Å²) in [7, 11) is 0. The van der Waals surface area contributed by atoms with Crippen LogP contribution in [0.25, 0.3) is 0 Å². The van der Waals surface area contributed by atoms with Crippen LogP contribution in [0.4, 0.5) is 5.69 Å². The van der Waals surface area contributed by atoms with Crippen LogP contribution >= 0.6 is 31.9 Å². The van der Waals surface area contributed by atoms with Crippen molar-refractivity contribution in [3.05, 3.63) is 22.7 Å². The minimum Gasteiger partial charge on any atom is -0.482 e. The summed E-state index contributed by atoms with van der Waals surface area (Å²) in [5, 5.41) is 0.952. The van der Waals surface area contributed by atoms with Crippen LogP contribution in [0.5, 0.6) is 5.75 Å². The Kier molecular flexibility index (Phi) is 3.14. The molecular weight excluding hydrogens is 362 g/mol. The molecule has 96 valence electrons. The molecule has 0 N–H and O–H groups in total. The molecule has 3 nitrogen and oxygen atoms in total. The van der Waals surface area contributed by atoms with E-state index in [2.05, 4.69) is 31.9 Å².